The summed E-state index contributed by atoms with van der Waals surface area (Å²) in [5.41, 5.74) is 0. The number of allylic oxidation sites excluding steroid dienone is 28. The monoisotopic (exact) mass is 1590 g/mol. The molecule has 0 aromatic heterocycles. The number of carbonyl (C=O) groups is 3. The zero-order chi connectivity index (χ0) is 80.8. The first-order valence-electron chi connectivity index (χ1n) is 43.4. The van der Waals surface area contributed by atoms with Crippen LogP contribution in [0.1, 0.15) is 342 Å². The van der Waals surface area contributed by atoms with Gasteiger partial charge in [-0.3, -0.25) is 32.5 Å². The van der Waals surface area contributed by atoms with E-state index in [1.165, 1.54) is 103 Å². The molecule has 0 fully saturated rings. The third-order valence-electron chi connectivity index (χ3n) is 17.9. The molecule has 0 spiro atoms. The van der Waals surface area contributed by atoms with Crippen molar-refractivity contribution >= 4 is 33.6 Å². The highest BCUT2D eigenvalue weighted by molar-refractivity contribution is 7.47. The third kappa shape index (κ3) is 85.6. The van der Waals surface area contributed by atoms with Gasteiger partial charge >= 0.3 is 33.6 Å². The predicted molar refractivity (Wildman–Crippen MR) is 463 cm³/mol. The normalized spacial score (nSPS) is 14.7. The number of phosphoric ester groups is 2. The zero-order valence-electron chi connectivity index (χ0n) is 69.6. The van der Waals surface area contributed by atoms with E-state index in [0.29, 0.717) is 19.3 Å². The van der Waals surface area contributed by atoms with Gasteiger partial charge in [0.25, 0.3) is 0 Å². The Morgan fingerprint density at radius 3 is 0.757 bits per heavy atom. The number of aliphatic hydroxyl groups is 2. The van der Waals surface area contributed by atoms with Crippen molar-refractivity contribution in [3.63, 3.8) is 0 Å². The van der Waals surface area contributed by atoms with E-state index in [1.807, 2.05) is 0 Å². The molecule has 0 aromatic rings. The second-order valence-corrected chi connectivity index (χ2v) is 31.5. The Bertz CT molecular complexity index is 2700. The van der Waals surface area contributed by atoms with Crippen LogP contribution in [0.2, 0.25) is 0 Å². The van der Waals surface area contributed by atoms with Crippen molar-refractivity contribution in [1.82, 2.24) is 0 Å². The minimum atomic E-state index is -4.95. The van der Waals surface area contributed by atoms with Gasteiger partial charge in [0, 0.05) is 19.3 Å². The Hall–Kier alpha value is -5.09. The van der Waals surface area contributed by atoms with Gasteiger partial charge < -0.3 is 34.2 Å². The van der Waals surface area contributed by atoms with Crippen molar-refractivity contribution in [3.05, 3.63) is 170 Å². The van der Waals surface area contributed by atoms with Gasteiger partial charge in [-0.1, -0.05) is 332 Å². The molecule has 18 heteroatoms. The molecule has 0 radical (unpaired) electrons. The first kappa shape index (κ1) is 106. The number of unbranched alkanes of at least 4 members (excludes halogenated alkanes) is 30. The molecule has 0 aliphatic rings. The van der Waals surface area contributed by atoms with E-state index in [9.17, 15) is 43.5 Å². The Balaban J connectivity index is 4.74. The van der Waals surface area contributed by atoms with Crippen LogP contribution in [0.5, 0.6) is 0 Å². The SMILES string of the molecule is CC/C=C\C/C=C\C/C=C\C/C=C\C/C=C\C/C=C\CCCCCCCCC(=O)OCC(O)COP(=O)(O)OCC(O)COP(=O)(O)OCC(COC(=O)CCCCCCCCCCC/C=C\C/C=C\C/C=C\C/C=C\CCCCC)OC(=O)CCCCCCCCCCC/C=C\C/C=C\C/C=C\C/C=C\CCCCC. The van der Waals surface area contributed by atoms with Gasteiger partial charge in [0.2, 0.25) is 0 Å². The number of hydrogen-bond acceptors (Lipinski definition) is 14. The average molecular weight is 1590 g/mol. The van der Waals surface area contributed by atoms with Crippen LogP contribution < -0.4 is 0 Å². The average Bonchev–Trinajstić information content (AvgIpc) is 0.900. The number of phosphoric acid groups is 2. The molecule has 634 valence electrons. The lowest BCUT2D eigenvalue weighted by atomic mass is 10.1. The second kappa shape index (κ2) is 84.3. The van der Waals surface area contributed by atoms with Crippen molar-refractivity contribution in [2.45, 2.75) is 360 Å². The van der Waals surface area contributed by atoms with E-state index >= 15 is 0 Å². The summed E-state index contributed by atoms with van der Waals surface area (Å²) in [5, 5.41) is 20.7. The summed E-state index contributed by atoms with van der Waals surface area (Å²) in [7, 11) is -9.82. The fourth-order valence-corrected chi connectivity index (χ4v) is 12.9. The number of carbonyl (C=O) groups excluding carboxylic acids is 3. The zero-order valence-corrected chi connectivity index (χ0v) is 71.4. The van der Waals surface area contributed by atoms with Gasteiger partial charge in [-0.05, 0) is 161 Å². The molecule has 0 rings (SSSR count). The van der Waals surface area contributed by atoms with Crippen LogP contribution in [0.25, 0.3) is 0 Å². The van der Waals surface area contributed by atoms with Crippen LogP contribution in [-0.4, -0.2) is 95.9 Å². The molecule has 0 amide bonds. The lowest BCUT2D eigenvalue weighted by Gasteiger charge is -2.21. The van der Waals surface area contributed by atoms with Crippen LogP contribution in [0.15, 0.2) is 170 Å². The topological polar surface area (TPSA) is 231 Å². The Kier molecular flexibility index (Phi) is 80.4. The Labute approximate surface area is 675 Å². The molecular formula is C93H156O16P2. The van der Waals surface area contributed by atoms with Crippen molar-refractivity contribution < 1.29 is 75.8 Å². The molecule has 0 heterocycles. The van der Waals surface area contributed by atoms with Gasteiger partial charge in [0.15, 0.2) is 6.10 Å². The van der Waals surface area contributed by atoms with Crippen molar-refractivity contribution in [3.8, 4) is 0 Å². The van der Waals surface area contributed by atoms with E-state index in [-0.39, 0.29) is 19.3 Å². The summed E-state index contributed by atoms with van der Waals surface area (Å²) in [6.45, 7) is 2.50. The van der Waals surface area contributed by atoms with Gasteiger partial charge in [0.05, 0.1) is 26.4 Å². The quantitative estimate of drug-likeness (QED) is 0.0146. The van der Waals surface area contributed by atoms with E-state index in [0.717, 1.165) is 180 Å². The number of rotatable bonds is 81. The van der Waals surface area contributed by atoms with Gasteiger partial charge in [-0.15, -0.1) is 0 Å². The minimum absolute atomic E-state index is 0.0904. The van der Waals surface area contributed by atoms with Crippen LogP contribution in [-0.2, 0) is 55.8 Å². The molecule has 0 bridgehead atoms. The Morgan fingerprint density at radius 2 is 0.477 bits per heavy atom. The van der Waals surface area contributed by atoms with E-state index in [4.69, 9.17) is 32.3 Å². The minimum Gasteiger partial charge on any atom is -0.463 e. The van der Waals surface area contributed by atoms with Crippen LogP contribution >= 0.6 is 15.6 Å². The molecule has 0 aliphatic heterocycles. The summed E-state index contributed by atoms with van der Waals surface area (Å²) in [5.74, 6) is -1.60. The lowest BCUT2D eigenvalue weighted by molar-refractivity contribution is -0.161. The second-order valence-electron chi connectivity index (χ2n) is 28.6. The fraction of sp³-hybridized carbons (Fsp3) is 0.667. The van der Waals surface area contributed by atoms with Gasteiger partial charge in [0.1, 0.15) is 25.4 Å². The first-order valence-corrected chi connectivity index (χ1v) is 46.4. The maximum Gasteiger partial charge on any atom is 0.472 e. The maximum absolute atomic E-state index is 13.1. The van der Waals surface area contributed by atoms with Crippen LogP contribution in [0, 0.1) is 0 Å². The fourth-order valence-electron chi connectivity index (χ4n) is 11.3. The summed E-state index contributed by atoms with van der Waals surface area (Å²) >= 11 is 0. The molecule has 16 nitrogen and oxygen atoms in total. The van der Waals surface area contributed by atoms with Crippen molar-refractivity contribution in [1.29, 1.82) is 0 Å². The molecule has 0 saturated heterocycles. The molecule has 111 heavy (non-hydrogen) atoms. The number of esters is 3. The van der Waals surface area contributed by atoms with E-state index in [1.54, 1.807) is 0 Å². The van der Waals surface area contributed by atoms with Gasteiger partial charge in [-0.2, -0.15) is 0 Å². The van der Waals surface area contributed by atoms with Crippen molar-refractivity contribution in [2.75, 3.05) is 39.6 Å². The maximum atomic E-state index is 13.1. The van der Waals surface area contributed by atoms with Crippen molar-refractivity contribution in [2.24, 2.45) is 0 Å². The Morgan fingerprint density at radius 1 is 0.261 bits per heavy atom. The molecular weight excluding hydrogens is 1430 g/mol. The summed E-state index contributed by atoms with van der Waals surface area (Å²) in [6, 6.07) is 0. The number of aliphatic hydroxyl groups excluding tert-OH is 2. The lowest BCUT2D eigenvalue weighted by Crippen LogP contribution is -2.30. The molecule has 0 aromatic carbocycles. The van der Waals surface area contributed by atoms with Crippen LogP contribution in [0.4, 0.5) is 0 Å². The highest BCUT2D eigenvalue weighted by Crippen LogP contribution is 2.45. The predicted octanol–water partition coefficient (Wildman–Crippen LogP) is 26.3. The van der Waals surface area contributed by atoms with Crippen LogP contribution in [0.3, 0.4) is 0 Å². The molecule has 5 atom stereocenters. The highest BCUT2D eigenvalue weighted by Gasteiger charge is 2.29. The highest BCUT2D eigenvalue weighted by atomic mass is 31.2. The van der Waals surface area contributed by atoms with Gasteiger partial charge in [-0.25, -0.2) is 9.13 Å². The molecule has 0 aliphatic carbocycles. The molecule has 5 unspecified atom stereocenters. The summed E-state index contributed by atoms with van der Waals surface area (Å²) in [6.07, 6.45) is 108. The van der Waals surface area contributed by atoms with E-state index < -0.39 is 91.5 Å². The standard InChI is InChI=1S/C93H156O16P2/c1-4-7-10-13-16-19-22-25-28-31-34-37-40-43-46-49-52-55-58-61-64-67-70-73-76-79-91(96)103-82-88(94)83-105-110(99,100)106-84-89(95)85-107-111(101,102)108-87-90(109-93(98)81-78-75-72-69-66-63-60-57-54-51-48-45-42-39-36-33-30-27-24-21-18-15-12-9-6-3)86-104-92(97)80-77-74-71-68-65-62-59-56-53-50-47-44-41-38-35-32-29-26-23-20-17-14-11-8-5-2/h7,10,16-21,25-30,34-39,43-48,52,55,88-90,94-95H,4-6,8-9,11-15,22-24,31-33,40-42,49-51,53-54,56-87H2,1-3H3,(H,99,100)(H,101,102)/b10-7-,19-16-,20-17-,21-18-,28-25-,29-26-,30-27-,37-34-,38-35-,39-36-,46-43-,47-44-,48-45-,55-52-. The first-order chi connectivity index (χ1) is 54.2. The smallest absolute Gasteiger partial charge is 0.463 e. The summed E-state index contributed by atoms with van der Waals surface area (Å²) < 4.78 is 61.4. The molecule has 4 N–H and O–H groups in total. The number of ether oxygens (including phenoxy) is 3. The molecule has 0 saturated carbocycles. The summed E-state index contributed by atoms with van der Waals surface area (Å²) in [4.78, 5) is 58.9. The largest absolute Gasteiger partial charge is 0.472 e. The third-order valence-corrected chi connectivity index (χ3v) is 19.8. The number of hydrogen-bond donors (Lipinski definition) is 4. The van der Waals surface area contributed by atoms with E-state index in [2.05, 4.69) is 191 Å².